The average Bonchev–Trinajstić information content (AvgIpc) is 3.06. The first-order valence-corrected chi connectivity index (χ1v) is 8.91. The summed E-state index contributed by atoms with van der Waals surface area (Å²) in [5, 5.41) is 5.58. The van der Waals surface area contributed by atoms with E-state index in [0.29, 0.717) is 6.54 Å². The van der Waals surface area contributed by atoms with Crippen LogP contribution in [0.4, 0.5) is 0 Å². The number of rotatable bonds is 5. The monoisotopic (exact) mass is 403 g/mol. The fourth-order valence-electron chi connectivity index (χ4n) is 2.14. The Morgan fingerprint density at radius 3 is 2.79 bits per heavy atom. The smallest absolute Gasteiger partial charge is 0.251 e. The number of pyridine rings is 1. The van der Waals surface area contributed by atoms with Gasteiger partial charge in [-0.15, -0.1) is 11.3 Å². The van der Waals surface area contributed by atoms with Crippen LogP contribution in [0.15, 0.2) is 63.3 Å². The van der Waals surface area contributed by atoms with Gasteiger partial charge in [0, 0.05) is 27.7 Å². The predicted octanol–water partition coefficient (Wildman–Crippen LogP) is 3.05. The predicted molar refractivity (Wildman–Crippen MR) is 97.8 cm³/mol. The fourth-order valence-corrected chi connectivity index (χ4v) is 3.27. The number of nitrogens with zero attached hydrogens (tertiary/aromatic N) is 2. The van der Waals surface area contributed by atoms with Gasteiger partial charge in [0.1, 0.15) is 11.6 Å². The molecule has 5 nitrogen and oxygen atoms in total. The summed E-state index contributed by atoms with van der Waals surface area (Å²) < 4.78 is 2.11. The van der Waals surface area contributed by atoms with Crippen molar-refractivity contribution < 1.29 is 4.79 Å². The lowest BCUT2D eigenvalue weighted by Crippen LogP contribution is -2.31. The van der Waals surface area contributed by atoms with Crippen molar-refractivity contribution in [2.75, 3.05) is 0 Å². The van der Waals surface area contributed by atoms with Crippen molar-refractivity contribution in [1.82, 2.24) is 14.9 Å². The molecular formula is C17H14BrN3O2S. The van der Waals surface area contributed by atoms with Gasteiger partial charge in [0.05, 0.1) is 12.2 Å². The van der Waals surface area contributed by atoms with Crippen molar-refractivity contribution in [1.29, 1.82) is 0 Å². The summed E-state index contributed by atoms with van der Waals surface area (Å²) in [4.78, 5) is 28.2. The molecule has 0 aliphatic heterocycles. The Balaban J connectivity index is 1.60. The standard InChI is InChI=1S/C17H14BrN3O2S/c18-13-6-7-17(23)21(9-13)10-15(22)19-8-16-20-14(11-24-16)12-4-2-1-3-5-12/h1-7,9,11H,8,10H2,(H,19,22). The van der Waals surface area contributed by atoms with E-state index in [-0.39, 0.29) is 18.0 Å². The number of hydrogen-bond donors (Lipinski definition) is 1. The number of thiazole rings is 1. The van der Waals surface area contributed by atoms with Gasteiger partial charge in [-0.25, -0.2) is 4.98 Å². The maximum absolute atomic E-state index is 12.0. The second-order valence-corrected chi connectivity index (χ2v) is 6.94. The molecule has 122 valence electrons. The summed E-state index contributed by atoms with van der Waals surface area (Å²) in [6, 6.07) is 13.0. The van der Waals surface area contributed by atoms with Crippen molar-refractivity contribution in [2.45, 2.75) is 13.1 Å². The lowest BCUT2D eigenvalue weighted by atomic mass is 10.2. The molecule has 0 fully saturated rings. The van der Waals surface area contributed by atoms with Gasteiger partial charge in [-0.05, 0) is 22.0 Å². The molecule has 0 atom stereocenters. The topological polar surface area (TPSA) is 64.0 Å². The average molecular weight is 404 g/mol. The molecule has 24 heavy (non-hydrogen) atoms. The number of amides is 1. The Morgan fingerprint density at radius 2 is 2.00 bits per heavy atom. The highest BCUT2D eigenvalue weighted by Gasteiger charge is 2.08. The van der Waals surface area contributed by atoms with E-state index in [4.69, 9.17) is 0 Å². The number of nitrogens with one attached hydrogen (secondary N) is 1. The zero-order valence-electron chi connectivity index (χ0n) is 12.6. The molecule has 3 rings (SSSR count). The first kappa shape index (κ1) is 16.6. The Kier molecular flexibility index (Phi) is 5.22. The van der Waals surface area contributed by atoms with Gasteiger partial charge in [-0.1, -0.05) is 30.3 Å². The molecule has 0 unspecified atom stereocenters. The molecule has 0 aliphatic carbocycles. The fraction of sp³-hybridized carbons (Fsp3) is 0.118. The van der Waals surface area contributed by atoms with E-state index in [9.17, 15) is 9.59 Å². The Hall–Kier alpha value is -2.25. The van der Waals surface area contributed by atoms with Crippen LogP contribution in [0.3, 0.4) is 0 Å². The Morgan fingerprint density at radius 1 is 1.21 bits per heavy atom. The molecule has 2 heterocycles. The Bertz CT molecular complexity index is 905. The van der Waals surface area contributed by atoms with Gasteiger partial charge in [0.15, 0.2) is 0 Å². The highest BCUT2D eigenvalue weighted by atomic mass is 79.9. The number of carbonyl (C=O) groups excluding carboxylic acids is 1. The molecule has 0 radical (unpaired) electrons. The summed E-state index contributed by atoms with van der Waals surface area (Å²) >= 11 is 4.78. The minimum absolute atomic E-state index is 0.0187. The van der Waals surface area contributed by atoms with Crippen LogP contribution in [0.25, 0.3) is 11.3 Å². The first-order chi connectivity index (χ1) is 11.6. The van der Waals surface area contributed by atoms with Gasteiger partial charge in [-0.3, -0.25) is 9.59 Å². The van der Waals surface area contributed by atoms with E-state index in [1.54, 1.807) is 12.3 Å². The highest BCUT2D eigenvalue weighted by Crippen LogP contribution is 2.21. The molecule has 0 saturated heterocycles. The van der Waals surface area contributed by atoms with Crippen LogP contribution in [-0.4, -0.2) is 15.5 Å². The third kappa shape index (κ3) is 4.18. The summed E-state index contributed by atoms with van der Waals surface area (Å²) in [6.45, 7) is 0.328. The van der Waals surface area contributed by atoms with Crippen LogP contribution < -0.4 is 10.9 Å². The minimum atomic E-state index is -0.230. The third-order valence-electron chi connectivity index (χ3n) is 3.32. The van der Waals surface area contributed by atoms with Crippen LogP contribution in [0.5, 0.6) is 0 Å². The van der Waals surface area contributed by atoms with Gasteiger partial charge >= 0.3 is 0 Å². The molecule has 1 N–H and O–H groups in total. The number of carbonyl (C=O) groups is 1. The first-order valence-electron chi connectivity index (χ1n) is 7.24. The maximum Gasteiger partial charge on any atom is 0.251 e. The lowest BCUT2D eigenvalue weighted by molar-refractivity contribution is -0.121. The van der Waals surface area contributed by atoms with Gasteiger partial charge < -0.3 is 9.88 Å². The van der Waals surface area contributed by atoms with Crippen molar-refractivity contribution in [2.24, 2.45) is 0 Å². The molecule has 0 aliphatic rings. The zero-order valence-corrected chi connectivity index (χ0v) is 15.0. The Labute approximate surface area is 151 Å². The van der Waals surface area contributed by atoms with Crippen LogP contribution >= 0.6 is 27.3 Å². The van der Waals surface area contributed by atoms with Crippen molar-refractivity contribution in [3.05, 3.63) is 73.9 Å². The molecule has 1 aromatic carbocycles. The van der Waals surface area contributed by atoms with E-state index in [0.717, 1.165) is 20.7 Å². The maximum atomic E-state index is 12.0. The van der Waals surface area contributed by atoms with E-state index in [1.807, 2.05) is 35.7 Å². The van der Waals surface area contributed by atoms with E-state index < -0.39 is 0 Å². The van der Waals surface area contributed by atoms with Crippen LogP contribution in [0.2, 0.25) is 0 Å². The summed E-state index contributed by atoms with van der Waals surface area (Å²) in [7, 11) is 0. The SMILES string of the molecule is O=C(Cn1cc(Br)ccc1=O)NCc1nc(-c2ccccc2)cs1. The van der Waals surface area contributed by atoms with Crippen molar-refractivity contribution >= 4 is 33.2 Å². The van der Waals surface area contributed by atoms with Crippen LogP contribution in [-0.2, 0) is 17.9 Å². The largest absolute Gasteiger partial charge is 0.348 e. The quantitative estimate of drug-likeness (QED) is 0.711. The number of aromatic nitrogens is 2. The summed E-state index contributed by atoms with van der Waals surface area (Å²) in [5.74, 6) is -0.230. The molecule has 0 bridgehead atoms. The molecular weight excluding hydrogens is 390 g/mol. The lowest BCUT2D eigenvalue weighted by Gasteiger charge is -2.06. The number of halogens is 1. The van der Waals surface area contributed by atoms with Crippen molar-refractivity contribution in [3.63, 3.8) is 0 Å². The van der Waals surface area contributed by atoms with Crippen LogP contribution in [0.1, 0.15) is 5.01 Å². The second-order valence-electron chi connectivity index (χ2n) is 5.08. The van der Waals surface area contributed by atoms with Crippen LogP contribution in [0, 0.1) is 0 Å². The van der Waals surface area contributed by atoms with E-state index in [1.165, 1.54) is 22.0 Å². The van der Waals surface area contributed by atoms with Crippen molar-refractivity contribution in [3.8, 4) is 11.3 Å². The molecule has 0 saturated carbocycles. The highest BCUT2D eigenvalue weighted by molar-refractivity contribution is 9.10. The number of hydrogen-bond acceptors (Lipinski definition) is 4. The number of benzene rings is 1. The summed E-state index contributed by atoms with van der Waals surface area (Å²) in [6.07, 6.45) is 1.60. The molecule has 7 heteroatoms. The molecule has 0 spiro atoms. The third-order valence-corrected chi connectivity index (χ3v) is 4.64. The zero-order chi connectivity index (χ0) is 16.9. The van der Waals surface area contributed by atoms with Gasteiger partial charge in [-0.2, -0.15) is 0 Å². The van der Waals surface area contributed by atoms with E-state index >= 15 is 0 Å². The molecule has 1 amide bonds. The summed E-state index contributed by atoms with van der Waals surface area (Å²) in [5.41, 5.74) is 1.73. The van der Waals surface area contributed by atoms with Gasteiger partial charge in [0.2, 0.25) is 5.91 Å². The van der Waals surface area contributed by atoms with Gasteiger partial charge in [0.25, 0.3) is 5.56 Å². The molecule has 3 aromatic rings. The minimum Gasteiger partial charge on any atom is -0.348 e. The second kappa shape index (κ2) is 7.55. The normalized spacial score (nSPS) is 10.5. The van der Waals surface area contributed by atoms with E-state index in [2.05, 4.69) is 26.2 Å². The molecule has 2 aromatic heterocycles.